The molecule has 0 fully saturated rings. The Bertz CT molecular complexity index is 472. The van der Waals surface area contributed by atoms with Crippen molar-refractivity contribution in [3.05, 3.63) is 33.1 Å². The van der Waals surface area contributed by atoms with Crippen molar-refractivity contribution in [2.75, 3.05) is 5.32 Å². The number of halogens is 1. The number of hydrogen-bond acceptors (Lipinski definition) is 3. The van der Waals surface area contributed by atoms with E-state index in [2.05, 4.69) is 5.32 Å². The second kappa shape index (κ2) is 4.26. The van der Waals surface area contributed by atoms with Crippen molar-refractivity contribution in [3.8, 4) is 0 Å². The van der Waals surface area contributed by atoms with Gasteiger partial charge in [0.15, 0.2) is 0 Å². The van der Waals surface area contributed by atoms with E-state index in [9.17, 15) is 19.3 Å². The number of carbonyl (C=O) groups excluding carboxylic acids is 1. The standard InChI is InChI=1S/C10H11FN2O3/c1-5-4-8(12-7(3)14)10(13(15)16)9(11)6(5)2/h4H,1-3H3,(H,12,14). The molecule has 6 heteroatoms. The van der Waals surface area contributed by atoms with Crippen LogP contribution < -0.4 is 5.32 Å². The molecule has 0 aliphatic rings. The molecule has 16 heavy (non-hydrogen) atoms. The summed E-state index contributed by atoms with van der Waals surface area (Å²) in [4.78, 5) is 20.7. The monoisotopic (exact) mass is 226 g/mol. The summed E-state index contributed by atoms with van der Waals surface area (Å²) in [6.07, 6.45) is 0. The fourth-order valence-electron chi connectivity index (χ4n) is 1.33. The molecule has 0 saturated carbocycles. The lowest BCUT2D eigenvalue weighted by atomic mass is 10.1. The number of nitrogens with zero attached hydrogens (tertiary/aromatic N) is 1. The van der Waals surface area contributed by atoms with Crippen LogP contribution in [0.2, 0.25) is 0 Å². The van der Waals surface area contributed by atoms with E-state index in [0.717, 1.165) is 0 Å². The molecule has 1 aromatic carbocycles. The second-order valence-electron chi connectivity index (χ2n) is 3.47. The van der Waals surface area contributed by atoms with Gasteiger partial charge in [-0.15, -0.1) is 0 Å². The minimum Gasteiger partial charge on any atom is -0.321 e. The third kappa shape index (κ3) is 2.16. The van der Waals surface area contributed by atoms with Crippen molar-refractivity contribution in [3.63, 3.8) is 0 Å². The van der Waals surface area contributed by atoms with Gasteiger partial charge in [0.1, 0.15) is 5.69 Å². The van der Waals surface area contributed by atoms with Gasteiger partial charge in [-0.25, -0.2) is 0 Å². The van der Waals surface area contributed by atoms with Crippen LogP contribution >= 0.6 is 0 Å². The number of nitro benzene ring substituents is 1. The lowest BCUT2D eigenvalue weighted by molar-refractivity contribution is -0.386. The van der Waals surface area contributed by atoms with Crippen LogP contribution in [0.3, 0.4) is 0 Å². The highest BCUT2D eigenvalue weighted by Crippen LogP contribution is 2.31. The number of nitro groups is 1. The van der Waals surface area contributed by atoms with E-state index >= 15 is 0 Å². The predicted molar refractivity (Wildman–Crippen MR) is 56.8 cm³/mol. The van der Waals surface area contributed by atoms with Crippen molar-refractivity contribution in [1.82, 2.24) is 0 Å². The molecule has 0 saturated heterocycles. The summed E-state index contributed by atoms with van der Waals surface area (Å²) in [5.41, 5.74) is -0.0518. The number of hydrogen-bond donors (Lipinski definition) is 1. The zero-order valence-corrected chi connectivity index (χ0v) is 9.13. The van der Waals surface area contributed by atoms with Crippen molar-refractivity contribution in [1.29, 1.82) is 0 Å². The summed E-state index contributed by atoms with van der Waals surface area (Å²) in [6.45, 7) is 4.28. The SMILES string of the molecule is CC(=O)Nc1cc(C)c(C)c(F)c1[N+](=O)[O-]. The molecular formula is C10H11FN2O3. The van der Waals surface area contributed by atoms with Crippen LogP contribution in [0.25, 0.3) is 0 Å². The predicted octanol–water partition coefficient (Wildman–Crippen LogP) is 2.31. The van der Waals surface area contributed by atoms with Crippen molar-refractivity contribution >= 4 is 17.3 Å². The van der Waals surface area contributed by atoms with Gasteiger partial charge < -0.3 is 5.32 Å². The van der Waals surface area contributed by atoms with E-state index < -0.39 is 22.3 Å². The fourth-order valence-corrected chi connectivity index (χ4v) is 1.33. The molecule has 1 N–H and O–H groups in total. The maximum Gasteiger partial charge on any atom is 0.328 e. The molecule has 0 atom stereocenters. The highest BCUT2D eigenvalue weighted by atomic mass is 19.1. The smallest absolute Gasteiger partial charge is 0.321 e. The molecule has 0 aliphatic heterocycles. The average molecular weight is 226 g/mol. The number of nitrogens with one attached hydrogen (secondary N) is 1. The highest BCUT2D eigenvalue weighted by Gasteiger charge is 2.24. The van der Waals surface area contributed by atoms with E-state index in [4.69, 9.17) is 0 Å². The first kappa shape index (κ1) is 12.1. The first-order valence-electron chi connectivity index (χ1n) is 4.56. The van der Waals surface area contributed by atoms with Gasteiger partial charge in [0, 0.05) is 6.92 Å². The van der Waals surface area contributed by atoms with E-state index in [1.165, 1.54) is 19.9 Å². The third-order valence-electron chi connectivity index (χ3n) is 2.24. The molecule has 1 rings (SSSR count). The Morgan fingerprint density at radius 2 is 2.06 bits per heavy atom. The third-order valence-corrected chi connectivity index (χ3v) is 2.24. The van der Waals surface area contributed by atoms with Gasteiger partial charge in [-0.2, -0.15) is 4.39 Å². The van der Waals surface area contributed by atoms with Gasteiger partial charge in [0.25, 0.3) is 0 Å². The molecule has 0 aliphatic carbocycles. The Hall–Kier alpha value is -1.98. The summed E-state index contributed by atoms with van der Waals surface area (Å²) in [6, 6.07) is 1.39. The lowest BCUT2D eigenvalue weighted by Gasteiger charge is -2.08. The number of carbonyl (C=O) groups is 1. The number of rotatable bonds is 2. The molecule has 0 heterocycles. The van der Waals surface area contributed by atoms with Crippen LogP contribution in [-0.2, 0) is 4.79 Å². The van der Waals surface area contributed by atoms with E-state index in [1.54, 1.807) is 6.92 Å². The van der Waals surface area contributed by atoms with E-state index in [1.807, 2.05) is 0 Å². The fraction of sp³-hybridized carbons (Fsp3) is 0.300. The van der Waals surface area contributed by atoms with Gasteiger partial charge >= 0.3 is 5.69 Å². The van der Waals surface area contributed by atoms with Crippen LogP contribution in [0, 0.1) is 29.8 Å². The maximum absolute atomic E-state index is 13.6. The Kier molecular flexibility index (Phi) is 3.22. The second-order valence-corrected chi connectivity index (χ2v) is 3.47. The van der Waals surface area contributed by atoms with Crippen LogP contribution in [0.15, 0.2) is 6.07 Å². The average Bonchev–Trinajstić information content (AvgIpc) is 2.12. The molecular weight excluding hydrogens is 215 g/mol. The largest absolute Gasteiger partial charge is 0.328 e. The minimum atomic E-state index is -0.909. The number of aryl methyl sites for hydroxylation is 1. The molecule has 0 bridgehead atoms. The molecule has 0 radical (unpaired) electrons. The minimum absolute atomic E-state index is 0.113. The topological polar surface area (TPSA) is 72.2 Å². The summed E-state index contributed by atoms with van der Waals surface area (Å²) in [5, 5.41) is 12.9. The zero-order chi connectivity index (χ0) is 12.5. The molecule has 0 aromatic heterocycles. The van der Waals surface area contributed by atoms with Gasteiger partial charge in [-0.3, -0.25) is 14.9 Å². The van der Waals surface area contributed by atoms with Crippen LogP contribution in [-0.4, -0.2) is 10.8 Å². The molecule has 0 spiro atoms. The molecule has 5 nitrogen and oxygen atoms in total. The van der Waals surface area contributed by atoms with Crippen LogP contribution in [0.1, 0.15) is 18.1 Å². The number of amides is 1. The highest BCUT2D eigenvalue weighted by molar-refractivity contribution is 5.91. The van der Waals surface area contributed by atoms with Crippen molar-refractivity contribution in [2.45, 2.75) is 20.8 Å². The maximum atomic E-state index is 13.6. The lowest BCUT2D eigenvalue weighted by Crippen LogP contribution is -2.10. The van der Waals surface area contributed by atoms with Gasteiger partial charge in [-0.05, 0) is 31.0 Å². The summed E-state index contributed by atoms with van der Waals surface area (Å²) in [5.74, 6) is -1.39. The Labute approximate surface area is 91.4 Å². The van der Waals surface area contributed by atoms with E-state index in [-0.39, 0.29) is 11.3 Å². The first-order chi connectivity index (χ1) is 7.34. The van der Waals surface area contributed by atoms with Crippen LogP contribution in [0.4, 0.5) is 15.8 Å². The summed E-state index contributed by atoms with van der Waals surface area (Å²) < 4.78 is 13.6. The normalized spacial score (nSPS) is 10.0. The quantitative estimate of drug-likeness (QED) is 0.621. The van der Waals surface area contributed by atoms with Gasteiger partial charge in [0.2, 0.25) is 11.7 Å². The Morgan fingerprint density at radius 3 is 2.50 bits per heavy atom. The van der Waals surface area contributed by atoms with Crippen molar-refractivity contribution in [2.24, 2.45) is 0 Å². The van der Waals surface area contributed by atoms with Gasteiger partial charge in [-0.1, -0.05) is 0 Å². The molecule has 1 aromatic rings. The Balaban J connectivity index is 3.46. The molecule has 0 unspecified atom stereocenters. The Morgan fingerprint density at radius 1 is 1.50 bits per heavy atom. The first-order valence-corrected chi connectivity index (χ1v) is 4.56. The zero-order valence-electron chi connectivity index (χ0n) is 9.13. The number of benzene rings is 1. The molecule has 1 amide bonds. The summed E-state index contributed by atoms with van der Waals surface area (Å²) >= 11 is 0. The van der Waals surface area contributed by atoms with Crippen LogP contribution in [0.5, 0.6) is 0 Å². The molecule has 86 valence electrons. The van der Waals surface area contributed by atoms with Gasteiger partial charge in [0.05, 0.1) is 4.92 Å². The van der Waals surface area contributed by atoms with Crippen molar-refractivity contribution < 1.29 is 14.1 Å². The number of anilines is 1. The summed E-state index contributed by atoms with van der Waals surface area (Å²) in [7, 11) is 0. The van der Waals surface area contributed by atoms with E-state index in [0.29, 0.717) is 5.56 Å².